The van der Waals surface area contributed by atoms with Crippen LogP contribution in [0, 0.1) is 5.82 Å². The van der Waals surface area contributed by atoms with Crippen molar-refractivity contribution in [2.75, 3.05) is 12.9 Å². The van der Waals surface area contributed by atoms with E-state index in [9.17, 15) is 17.6 Å². The molecular weight excluding hydrogens is 415 g/mol. The summed E-state index contributed by atoms with van der Waals surface area (Å²) in [5.41, 5.74) is 0.949. The summed E-state index contributed by atoms with van der Waals surface area (Å²) in [7, 11) is -2.41. The smallest absolute Gasteiger partial charge is 0.251 e. The van der Waals surface area contributed by atoms with E-state index >= 15 is 0 Å². The van der Waals surface area contributed by atoms with E-state index in [-0.39, 0.29) is 34.1 Å². The predicted octanol–water partition coefficient (Wildman–Crippen LogP) is 3.24. The number of fused-ring (bicyclic) bond motifs is 1. The Bertz CT molecular complexity index is 1050. The molecule has 0 bridgehead atoms. The zero-order valence-electron chi connectivity index (χ0n) is 15.8. The van der Waals surface area contributed by atoms with E-state index < -0.39 is 15.9 Å². The van der Waals surface area contributed by atoms with Crippen molar-refractivity contribution in [1.82, 2.24) is 10.0 Å². The quantitative estimate of drug-likeness (QED) is 0.726. The molecular formula is C20H21FN2O4S2. The van der Waals surface area contributed by atoms with Crippen molar-refractivity contribution in [3.8, 4) is 5.75 Å². The van der Waals surface area contributed by atoms with Crippen LogP contribution in [0.25, 0.3) is 0 Å². The molecule has 0 aromatic heterocycles. The number of hydrogen-bond acceptors (Lipinski definition) is 5. The molecule has 9 heteroatoms. The van der Waals surface area contributed by atoms with E-state index in [1.807, 2.05) is 0 Å². The SMILES string of the molecule is COc1ccc(C(=O)NC2CCSc3ccc(F)cc32)cc1S(=O)(=O)NC1CC1. The largest absolute Gasteiger partial charge is 0.495 e. The van der Waals surface area contributed by atoms with Crippen LogP contribution in [0.3, 0.4) is 0 Å². The van der Waals surface area contributed by atoms with Crippen LogP contribution in [0.15, 0.2) is 46.2 Å². The molecule has 2 aliphatic rings. The molecule has 29 heavy (non-hydrogen) atoms. The Balaban J connectivity index is 1.60. The molecule has 0 spiro atoms. The molecule has 2 aromatic rings. The van der Waals surface area contributed by atoms with Crippen LogP contribution in [0.5, 0.6) is 5.75 Å². The van der Waals surface area contributed by atoms with Gasteiger partial charge in [-0.1, -0.05) is 0 Å². The van der Waals surface area contributed by atoms with Gasteiger partial charge in [-0.15, -0.1) is 11.8 Å². The first kappa shape index (κ1) is 20.2. The Labute approximate surface area is 173 Å². The van der Waals surface area contributed by atoms with Gasteiger partial charge in [0.05, 0.1) is 13.2 Å². The Morgan fingerprint density at radius 2 is 1.97 bits per heavy atom. The van der Waals surface area contributed by atoms with E-state index in [1.165, 1.54) is 37.4 Å². The van der Waals surface area contributed by atoms with Crippen LogP contribution in [0.4, 0.5) is 4.39 Å². The summed E-state index contributed by atoms with van der Waals surface area (Å²) in [4.78, 5) is 13.7. The van der Waals surface area contributed by atoms with Gasteiger partial charge in [0.2, 0.25) is 10.0 Å². The van der Waals surface area contributed by atoms with Gasteiger partial charge in [-0.25, -0.2) is 17.5 Å². The molecule has 0 radical (unpaired) electrons. The van der Waals surface area contributed by atoms with E-state index in [2.05, 4.69) is 10.0 Å². The number of ether oxygens (including phenoxy) is 1. The zero-order valence-corrected chi connectivity index (χ0v) is 17.4. The average Bonchev–Trinajstić information content (AvgIpc) is 3.51. The molecule has 1 aliphatic heterocycles. The molecule has 1 aliphatic carbocycles. The van der Waals surface area contributed by atoms with Gasteiger partial charge in [0, 0.05) is 22.3 Å². The van der Waals surface area contributed by atoms with Gasteiger partial charge >= 0.3 is 0 Å². The second-order valence-corrected chi connectivity index (χ2v) is 9.93. The summed E-state index contributed by atoms with van der Waals surface area (Å²) >= 11 is 1.62. The normalized spacial score (nSPS) is 18.8. The molecule has 6 nitrogen and oxygen atoms in total. The number of halogens is 1. The number of carbonyl (C=O) groups excluding carboxylic acids is 1. The number of methoxy groups -OCH3 is 1. The van der Waals surface area contributed by atoms with Gasteiger partial charge in [-0.05, 0) is 61.2 Å². The molecule has 2 N–H and O–H groups in total. The summed E-state index contributed by atoms with van der Waals surface area (Å²) in [6, 6.07) is 8.49. The summed E-state index contributed by atoms with van der Waals surface area (Å²) in [5, 5.41) is 2.91. The van der Waals surface area contributed by atoms with Crippen LogP contribution in [0.2, 0.25) is 0 Å². The molecule has 2 aromatic carbocycles. The highest BCUT2D eigenvalue weighted by Gasteiger charge is 2.31. The van der Waals surface area contributed by atoms with E-state index in [0.29, 0.717) is 6.42 Å². The fourth-order valence-electron chi connectivity index (χ4n) is 3.27. The van der Waals surface area contributed by atoms with Crippen molar-refractivity contribution in [3.05, 3.63) is 53.3 Å². The Morgan fingerprint density at radius 3 is 2.69 bits per heavy atom. The number of rotatable bonds is 6. The maximum absolute atomic E-state index is 13.7. The maximum Gasteiger partial charge on any atom is 0.251 e. The highest BCUT2D eigenvalue weighted by atomic mass is 32.2. The van der Waals surface area contributed by atoms with Crippen molar-refractivity contribution >= 4 is 27.7 Å². The molecule has 154 valence electrons. The first-order chi connectivity index (χ1) is 13.9. The van der Waals surface area contributed by atoms with Crippen molar-refractivity contribution in [1.29, 1.82) is 0 Å². The second kappa shape index (κ2) is 7.97. The highest BCUT2D eigenvalue weighted by molar-refractivity contribution is 7.99. The molecule has 4 rings (SSSR count). The summed E-state index contributed by atoms with van der Waals surface area (Å²) < 4.78 is 46.8. The van der Waals surface area contributed by atoms with Gasteiger partial charge in [0.25, 0.3) is 5.91 Å². The highest BCUT2D eigenvalue weighted by Crippen LogP contribution is 2.37. The van der Waals surface area contributed by atoms with Crippen molar-refractivity contribution in [2.24, 2.45) is 0 Å². The molecule has 1 heterocycles. The fraction of sp³-hybridized carbons (Fsp3) is 0.350. The van der Waals surface area contributed by atoms with Crippen LogP contribution in [0.1, 0.15) is 41.2 Å². The topological polar surface area (TPSA) is 84.5 Å². The van der Waals surface area contributed by atoms with Gasteiger partial charge in [0.1, 0.15) is 16.5 Å². The van der Waals surface area contributed by atoms with Crippen molar-refractivity contribution in [2.45, 2.75) is 41.1 Å². The van der Waals surface area contributed by atoms with Crippen LogP contribution in [-0.2, 0) is 10.0 Å². The molecule has 1 atom stereocenters. The average molecular weight is 437 g/mol. The number of thioether (sulfide) groups is 1. The van der Waals surface area contributed by atoms with Gasteiger partial charge < -0.3 is 10.1 Å². The minimum absolute atomic E-state index is 0.0617. The van der Waals surface area contributed by atoms with Crippen LogP contribution < -0.4 is 14.8 Å². The molecule has 1 unspecified atom stereocenters. The van der Waals surface area contributed by atoms with Gasteiger partial charge in [-0.2, -0.15) is 0 Å². The number of sulfonamides is 1. The molecule has 1 fully saturated rings. The zero-order chi connectivity index (χ0) is 20.6. The van der Waals surface area contributed by atoms with Crippen molar-refractivity contribution < 1.29 is 22.3 Å². The Hall–Kier alpha value is -2.10. The van der Waals surface area contributed by atoms with Crippen LogP contribution in [-0.4, -0.2) is 33.2 Å². The predicted molar refractivity (Wildman–Crippen MR) is 108 cm³/mol. The Morgan fingerprint density at radius 1 is 1.17 bits per heavy atom. The molecule has 0 saturated heterocycles. The number of amides is 1. The Kier molecular flexibility index (Phi) is 5.54. The third-order valence-corrected chi connectivity index (χ3v) is 7.60. The summed E-state index contributed by atoms with van der Waals surface area (Å²) in [6.45, 7) is 0. The minimum Gasteiger partial charge on any atom is -0.495 e. The standard InChI is InChI=1S/C20H21FN2O4S2/c1-27-17-6-2-12(10-19(17)29(25,26)23-14-4-5-14)20(24)22-16-8-9-28-18-7-3-13(21)11-15(16)18/h2-3,6-7,10-11,14,16,23H,4-5,8-9H2,1H3,(H,22,24). The number of benzene rings is 2. The number of carbonyl (C=O) groups is 1. The lowest BCUT2D eigenvalue weighted by Gasteiger charge is -2.26. The third kappa shape index (κ3) is 4.41. The first-order valence-corrected chi connectivity index (χ1v) is 11.8. The summed E-state index contributed by atoms with van der Waals surface area (Å²) in [6.07, 6.45) is 2.27. The first-order valence-electron chi connectivity index (χ1n) is 9.31. The van der Waals surface area contributed by atoms with Gasteiger partial charge in [0.15, 0.2) is 0 Å². The number of nitrogens with one attached hydrogen (secondary N) is 2. The lowest BCUT2D eigenvalue weighted by molar-refractivity contribution is 0.0934. The monoisotopic (exact) mass is 436 g/mol. The minimum atomic E-state index is -3.79. The third-order valence-electron chi connectivity index (χ3n) is 4.93. The lowest BCUT2D eigenvalue weighted by atomic mass is 10.0. The van der Waals surface area contributed by atoms with E-state index in [0.717, 1.165) is 29.1 Å². The number of hydrogen-bond donors (Lipinski definition) is 2. The lowest BCUT2D eigenvalue weighted by Crippen LogP contribution is -2.31. The molecule has 1 saturated carbocycles. The maximum atomic E-state index is 13.7. The molecule has 1 amide bonds. The van der Waals surface area contributed by atoms with Crippen LogP contribution >= 0.6 is 11.8 Å². The second-order valence-electron chi connectivity index (χ2n) is 7.11. The van der Waals surface area contributed by atoms with E-state index in [4.69, 9.17) is 4.74 Å². The van der Waals surface area contributed by atoms with Crippen molar-refractivity contribution in [3.63, 3.8) is 0 Å². The van der Waals surface area contributed by atoms with E-state index in [1.54, 1.807) is 17.8 Å². The summed E-state index contributed by atoms with van der Waals surface area (Å²) in [5.74, 6) is 0.213. The fourth-order valence-corrected chi connectivity index (χ4v) is 5.87. The van der Waals surface area contributed by atoms with Gasteiger partial charge in [-0.3, -0.25) is 4.79 Å².